The number of nitrogens with zero attached hydrogens (tertiary/aromatic N) is 2. The van der Waals surface area contributed by atoms with Crippen molar-refractivity contribution in [2.75, 3.05) is 26.2 Å². The minimum Gasteiger partial charge on any atom is -0.341 e. The third-order valence-corrected chi connectivity index (χ3v) is 3.93. The molecule has 2 rings (SSSR count). The number of hydrogen-bond donors (Lipinski definition) is 0. The second-order valence-corrected chi connectivity index (χ2v) is 5.60. The molecule has 1 fully saturated rings. The number of rotatable bonds is 5. The number of unbranched alkanes of at least 4 members (excludes halogenated alkanes) is 1. The largest absolute Gasteiger partial charge is 0.341 e. The molecule has 0 aliphatic carbocycles. The molecule has 1 heterocycles. The van der Waals surface area contributed by atoms with Gasteiger partial charge in [-0.05, 0) is 18.4 Å². The van der Waals surface area contributed by atoms with Gasteiger partial charge in [-0.15, -0.1) is 0 Å². The van der Waals surface area contributed by atoms with E-state index in [1.165, 1.54) is 5.56 Å². The summed E-state index contributed by atoms with van der Waals surface area (Å²) in [6.45, 7) is 7.03. The Hall–Kier alpha value is -1.35. The lowest BCUT2D eigenvalue weighted by Gasteiger charge is -2.22. The number of carbonyl (C=O) groups excluding carboxylic acids is 1. The van der Waals surface area contributed by atoms with Crippen LogP contribution in [-0.2, 0) is 11.3 Å². The maximum Gasteiger partial charge on any atom is 0.222 e. The molecule has 110 valence electrons. The Morgan fingerprint density at radius 1 is 1.10 bits per heavy atom. The van der Waals surface area contributed by atoms with Crippen LogP contribution in [0.15, 0.2) is 30.3 Å². The van der Waals surface area contributed by atoms with Gasteiger partial charge in [-0.3, -0.25) is 9.69 Å². The van der Waals surface area contributed by atoms with E-state index in [0.717, 1.165) is 58.4 Å². The third-order valence-electron chi connectivity index (χ3n) is 3.93. The van der Waals surface area contributed by atoms with Crippen LogP contribution in [0.3, 0.4) is 0 Å². The first-order chi connectivity index (χ1) is 9.79. The summed E-state index contributed by atoms with van der Waals surface area (Å²) in [6.07, 6.45) is 3.92. The zero-order valence-corrected chi connectivity index (χ0v) is 12.6. The predicted molar refractivity (Wildman–Crippen MR) is 82.4 cm³/mol. The van der Waals surface area contributed by atoms with Gasteiger partial charge in [-0.1, -0.05) is 43.7 Å². The molecule has 3 heteroatoms. The smallest absolute Gasteiger partial charge is 0.222 e. The predicted octanol–water partition coefficient (Wildman–Crippen LogP) is 2.91. The summed E-state index contributed by atoms with van der Waals surface area (Å²) in [5, 5.41) is 0. The molecule has 0 spiro atoms. The van der Waals surface area contributed by atoms with Crippen molar-refractivity contribution in [3.63, 3.8) is 0 Å². The van der Waals surface area contributed by atoms with Crippen LogP contribution in [0.2, 0.25) is 0 Å². The van der Waals surface area contributed by atoms with Crippen LogP contribution in [0.25, 0.3) is 0 Å². The Bertz CT molecular complexity index is 405. The zero-order valence-electron chi connectivity index (χ0n) is 12.6. The van der Waals surface area contributed by atoms with Gasteiger partial charge in [0.2, 0.25) is 5.91 Å². The Morgan fingerprint density at radius 2 is 1.90 bits per heavy atom. The number of carbonyl (C=O) groups is 1. The number of hydrogen-bond acceptors (Lipinski definition) is 2. The SMILES string of the molecule is CCCCC(=O)N1CCCN(Cc2ccccc2)CC1. The molecule has 0 bridgehead atoms. The van der Waals surface area contributed by atoms with Gasteiger partial charge in [0.25, 0.3) is 0 Å². The first kappa shape index (κ1) is 15.0. The molecular formula is C17H26N2O. The highest BCUT2D eigenvalue weighted by Gasteiger charge is 2.18. The van der Waals surface area contributed by atoms with Crippen LogP contribution in [-0.4, -0.2) is 41.9 Å². The van der Waals surface area contributed by atoms with Gasteiger partial charge in [0.05, 0.1) is 0 Å². The standard InChI is InChI=1S/C17H26N2O/c1-2-3-10-17(20)19-12-7-11-18(13-14-19)15-16-8-5-4-6-9-16/h4-6,8-9H,2-3,7,10-15H2,1H3. The van der Waals surface area contributed by atoms with Crippen LogP contribution in [0, 0.1) is 0 Å². The van der Waals surface area contributed by atoms with E-state index in [9.17, 15) is 4.79 Å². The molecule has 0 unspecified atom stereocenters. The van der Waals surface area contributed by atoms with Crippen molar-refractivity contribution >= 4 is 5.91 Å². The summed E-state index contributed by atoms with van der Waals surface area (Å²) in [6, 6.07) is 10.6. The molecule has 1 aliphatic rings. The van der Waals surface area contributed by atoms with E-state index in [4.69, 9.17) is 0 Å². The number of amides is 1. The molecule has 0 saturated carbocycles. The van der Waals surface area contributed by atoms with Gasteiger partial charge in [0.15, 0.2) is 0 Å². The fourth-order valence-electron chi connectivity index (χ4n) is 2.71. The molecule has 0 aromatic heterocycles. The van der Waals surface area contributed by atoms with Gasteiger partial charge in [-0.25, -0.2) is 0 Å². The van der Waals surface area contributed by atoms with Gasteiger partial charge in [0.1, 0.15) is 0 Å². The fourth-order valence-corrected chi connectivity index (χ4v) is 2.71. The van der Waals surface area contributed by atoms with E-state index < -0.39 is 0 Å². The molecular weight excluding hydrogens is 248 g/mol. The third kappa shape index (κ3) is 4.64. The van der Waals surface area contributed by atoms with Crippen molar-refractivity contribution in [1.82, 2.24) is 9.80 Å². The first-order valence-corrected chi connectivity index (χ1v) is 7.83. The van der Waals surface area contributed by atoms with Crippen molar-refractivity contribution in [3.8, 4) is 0 Å². The van der Waals surface area contributed by atoms with E-state index in [1.807, 2.05) is 0 Å². The van der Waals surface area contributed by atoms with Crippen LogP contribution >= 0.6 is 0 Å². The molecule has 1 aliphatic heterocycles. The van der Waals surface area contributed by atoms with Gasteiger partial charge >= 0.3 is 0 Å². The minimum absolute atomic E-state index is 0.341. The molecule has 0 N–H and O–H groups in total. The zero-order chi connectivity index (χ0) is 14.2. The monoisotopic (exact) mass is 274 g/mol. The molecule has 1 amide bonds. The summed E-state index contributed by atoms with van der Waals surface area (Å²) >= 11 is 0. The summed E-state index contributed by atoms with van der Waals surface area (Å²) in [5.41, 5.74) is 1.36. The molecule has 3 nitrogen and oxygen atoms in total. The van der Waals surface area contributed by atoms with Gasteiger partial charge in [-0.2, -0.15) is 0 Å². The topological polar surface area (TPSA) is 23.6 Å². The first-order valence-electron chi connectivity index (χ1n) is 7.83. The summed E-state index contributed by atoms with van der Waals surface area (Å²) in [4.78, 5) is 16.6. The van der Waals surface area contributed by atoms with Crippen molar-refractivity contribution in [2.45, 2.75) is 39.2 Å². The van der Waals surface area contributed by atoms with Gasteiger partial charge in [0, 0.05) is 39.1 Å². The summed E-state index contributed by atoms with van der Waals surface area (Å²) in [5.74, 6) is 0.341. The van der Waals surface area contributed by atoms with Crippen molar-refractivity contribution in [1.29, 1.82) is 0 Å². The van der Waals surface area contributed by atoms with E-state index in [2.05, 4.69) is 47.1 Å². The Kier molecular flexibility index (Phi) is 6.06. The maximum atomic E-state index is 12.1. The average Bonchev–Trinajstić information content (AvgIpc) is 2.71. The average molecular weight is 274 g/mol. The molecule has 0 radical (unpaired) electrons. The van der Waals surface area contributed by atoms with Crippen LogP contribution in [0.4, 0.5) is 0 Å². The van der Waals surface area contributed by atoms with E-state index in [1.54, 1.807) is 0 Å². The summed E-state index contributed by atoms with van der Waals surface area (Å²) < 4.78 is 0. The Labute approximate surface area is 122 Å². The molecule has 1 saturated heterocycles. The molecule has 1 aromatic carbocycles. The summed E-state index contributed by atoms with van der Waals surface area (Å²) in [7, 11) is 0. The molecule has 20 heavy (non-hydrogen) atoms. The van der Waals surface area contributed by atoms with E-state index >= 15 is 0 Å². The Balaban J connectivity index is 1.81. The lowest BCUT2D eigenvalue weighted by molar-refractivity contribution is -0.131. The molecule has 0 atom stereocenters. The fraction of sp³-hybridized carbons (Fsp3) is 0.588. The van der Waals surface area contributed by atoms with Crippen LogP contribution < -0.4 is 0 Å². The second kappa shape index (κ2) is 8.05. The normalized spacial score (nSPS) is 16.9. The van der Waals surface area contributed by atoms with E-state index in [0.29, 0.717) is 5.91 Å². The highest BCUT2D eigenvalue weighted by molar-refractivity contribution is 5.76. The van der Waals surface area contributed by atoms with Crippen molar-refractivity contribution in [3.05, 3.63) is 35.9 Å². The lowest BCUT2D eigenvalue weighted by Crippen LogP contribution is -2.34. The van der Waals surface area contributed by atoms with E-state index in [-0.39, 0.29) is 0 Å². The molecule has 1 aromatic rings. The quantitative estimate of drug-likeness (QED) is 0.824. The maximum absolute atomic E-state index is 12.1. The van der Waals surface area contributed by atoms with Crippen LogP contribution in [0.5, 0.6) is 0 Å². The highest BCUT2D eigenvalue weighted by atomic mass is 16.2. The van der Waals surface area contributed by atoms with Gasteiger partial charge < -0.3 is 4.90 Å². The van der Waals surface area contributed by atoms with Crippen molar-refractivity contribution < 1.29 is 4.79 Å². The lowest BCUT2D eigenvalue weighted by atomic mass is 10.2. The highest BCUT2D eigenvalue weighted by Crippen LogP contribution is 2.10. The number of benzene rings is 1. The Morgan fingerprint density at radius 3 is 2.65 bits per heavy atom. The van der Waals surface area contributed by atoms with Crippen molar-refractivity contribution in [2.24, 2.45) is 0 Å². The minimum atomic E-state index is 0.341. The second-order valence-electron chi connectivity index (χ2n) is 5.60. The van der Waals surface area contributed by atoms with Crippen LogP contribution in [0.1, 0.15) is 38.2 Å².